The monoisotopic (exact) mass is 545 g/mol. The van der Waals surface area contributed by atoms with Gasteiger partial charge in [-0.3, -0.25) is 0 Å². The van der Waals surface area contributed by atoms with Gasteiger partial charge in [0, 0.05) is 33.0 Å². The molecule has 5 nitrogen and oxygen atoms in total. The Balaban J connectivity index is 1.55. The summed E-state index contributed by atoms with van der Waals surface area (Å²) in [6, 6.07) is 14.4. The number of ether oxygens (including phenoxy) is 2. The molecular formula is C26H19Cl2F2N3O2S. The summed E-state index contributed by atoms with van der Waals surface area (Å²) in [6.45, 7) is 0. The first-order chi connectivity index (χ1) is 17.4. The van der Waals surface area contributed by atoms with E-state index in [0.29, 0.717) is 44.1 Å². The second-order valence-electron chi connectivity index (χ2n) is 7.99. The molecule has 0 fully saturated rings. The number of hydrogen-bond donors (Lipinski definition) is 0. The minimum atomic E-state index is -0.477. The molecule has 2 heterocycles. The zero-order chi connectivity index (χ0) is 25.4. The molecule has 4 aromatic rings. The third kappa shape index (κ3) is 4.64. The standard InChI is InChI=1S/C26H19Cl2F2N3O2S/c1-34-24-7-3-14(9-19(24)29)21-12-23(17-6-5-16(27)11-18(17)28)33(32-21)26-31-22(13-36-26)15-4-8-25(35-2)20(30)10-15/h3-11,13,23H,12H2,1-2H3. The quantitative estimate of drug-likeness (QED) is 0.248. The Hall–Kier alpha value is -3.20. The highest BCUT2D eigenvalue weighted by Crippen LogP contribution is 2.42. The van der Waals surface area contributed by atoms with Crippen LogP contribution in [0.1, 0.15) is 23.6 Å². The molecule has 1 atom stereocenters. The van der Waals surface area contributed by atoms with Crippen molar-refractivity contribution in [2.75, 3.05) is 19.2 Å². The van der Waals surface area contributed by atoms with Gasteiger partial charge in [0.25, 0.3) is 0 Å². The minimum Gasteiger partial charge on any atom is -0.494 e. The molecule has 5 rings (SSSR count). The molecule has 184 valence electrons. The highest BCUT2D eigenvalue weighted by molar-refractivity contribution is 7.14. The van der Waals surface area contributed by atoms with Crippen LogP contribution in [-0.4, -0.2) is 24.9 Å². The Morgan fingerprint density at radius 2 is 1.58 bits per heavy atom. The summed E-state index contributed by atoms with van der Waals surface area (Å²) >= 11 is 14.0. The molecule has 0 radical (unpaired) electrons. The van der Waals surface area contributed by atoms with E-state index in [1.165, 1.54) is 37.7 Å². The van der Waals surface area contributed by atoms with Crippen molar-refractivity contribution in [1.82, 2.24) is 4.98 Å². The van der Waals surface area contributed by atoms with E-state index in [-0.39, 0.29) is 17.5 Å². The van der Waals surface area contributed by atoms with E-state index in [2.05, 4.69) is 0 Å². The molecule has 0 saturated heterocycles. The molecule has 10 heteroatoms. The lowest BCUT2D eigenvalue weighted by Gasteiger charge is -2.22. The normalized spacial score (nSPS) is 15.2. The van der Waals surface area contributed by atoms with Gasteiger partial charge in [0.15, 0.2) is 23.1 Å². The first-order valence-electron chi connectivity index (χ1n) is 10.8. The molecule has 0 aliphatic carbocycles. The average Bonchev–Trinajstić information content (AvgIpc) is 3.52. The van der Waals surface area contributed by atoms with Crippen LogP contribution in [0.2, 0.25) is 10.0 Å². The van der Waals surface area contributed by atoms with E-state index in [1.807, 2.05) is 11.4 Å². The van der Waals surface area contributed by atoms with Crippen LogP contribution >= 0.6 is 34.5 Å². The van der Waals surface area contributed by atoms with Crippen molar-refractivity contribution in [2.24, 2.45) is 5.10 Å². The van der Waals surface area contributed by atoms with Gasteiger partial charge in [-0.15, -0.1) is 11.3 Å². The van der Waals surface area contributed by atoms with E-state index < -0.39 is 11.6 Å². The SMILES string of the molecule is COc1ccc(C2=NN(c3nc(-c4ccc(OC)c(F)c4)cs3)C(c3ccc(Cl)cc3Cl)C2)cc1F. The first kappa shape index (κ1) is 24.5. The molecule has 1 aliphatic heterocycles. The van der Waals surface area contributed by atoms with Gasteiger partial charge in [0.1, 0.15) is 0 Å². The predicted molar refractivity (Wildman–Crippen MR) is 140 cm³/mol. The lowest BCUT2D eigenvalue weighted by Crippen LogP contribution is -2.18. The van der Waals surface area contributed by atoms with E-state index in [0.717, 1.165) is 5.56 Å². The van der Waals surface area contributed by atoms with Crippen molar-refractivity contribution in [3.63, 3.8) is 0 Å². The maximum Gasteiger partial charge on any atom is 0.207 e. The molecule has 0 amide bonds. The number of hydrazone groups is 1. The van der Waals surface area contributed by atoms with Gasteiger partial charge in [-0.25, -0.2) is 18.8 Å². The van der Waals surface area contributed by atoms with Gasteiger partial charge in [0.05, 0.1) is 31.7 Å². The Labute approximate surface area is 220 Å². The zero-order valence-corrected chi connectivity index (χ0v) is 21.5. The fourth-order valence-electron chi connectivity index (χ4n) is 4.05. The fourth-order valence-corrected chi connectivity index (χ4v) is 5.42. The molecule has 0 spiro atoms. The fraction of sp³-hybridized carbons (Fsp3) is 0.154. The van der Waals surface area contributed by atoms with E-state index >= 15 is 0 Å². The Morgan fingerprint density at radius 3 is 2.22 bits per heavy atom. The lowest BCUT2D eigenvalue weighted by atomic mass is 9.98. The Morgan fingerprint density at radius 1 is 0.917 bits per heavy atom. The van der Waals surface area contributed by atoms with Gasteiger partial charge in [0.2, 0.25) is 5.13 Å². The Kier molecular flexibility index (Phi) is 6.83. The number of halogens is 4. The lowest BCUT2D eigenvalue weighted by molar-refractivity contribution is 0.386. The number of benzene rings is 3. The maximum atomic E-state index is 14.5. The van der Waals surface area contributed by atoms with Crippen LogP contribution in [0, 0.1) is 11.6 Å². The zero-order valence-electron chi connectivity index (χ0n) is 19.1. The van der Waals surface area contributed by atoms with Gasteiger partial charge >= 0.3 is 0 Å². The molecule has 1 unspecified atom stereocenters. The third-order valence-corrected chi connectivity index (χ3v) is 7.25. The molecule has 36 heavy (non-hydrogen) atoms. The second kappa shape index (κ2) is 10.0. The summed E-state index contributed by atoms with van der Waals surface area (Å²) in [5.74, 6) is -0.636. The summed E-state index contributed by atoms with van der Waals surface area (Å²) in [5.41, 5.74) is 3.30. The molecule has 0 N–H and O–H groups in total. The van der Waals surface area contributed by atoms with Crippen molar-refractivity contribution >= 4 is 45.4 Å². The number of hydrogen-bond acceptors (Lipinski definition) is 6. The van der Waals surface area contributed by atoms with Crippen LogP contribution in [0.25, 0.3) is 11.3 Å². The van der Waals surface area contributed by atoms with Crippen LogP contribution in [0.5, 0.6) is 11.5 Å². The maximum absolute atomic E-state index is 14.5. The van der Waals surface area contributed by atoms with Crippen molar-refractivity contribution < 1.29 is 18.3 Å². The van der Waals surface area contributed by atoms with Gasteiger partial charge in [-0.1, -0.05) is 29.3 Å². The summed E-state index contributed by atoms with van der Waals surface area (Å²) in [7, 11) is 2.83. The summed E-state index contributed by atoms with van der Waals surface area (Å²) < 4.78 is 38.8. The summed E-state index contributed by atoms with van der Waals surface area (Å²) in [5, 5.41) is 9.99. The van der Waals surface area contributed by atoms with Crippen molar-refractivity contribution in [2.45, 2.75) is 12.5 Å². The molecule has 1 aliphatic rings. The minimum absolute atomic E-state index is 0.155. The van der Waals surface area contributed by atoms with Crippen LogP contribution in [-0.2, 0) is 0 Å². The first-order valence-corrected chi connectivity index (χ1v) is 12.5. The van der Waals surface area contributed by atoms with Crippen molar-refractivity contribution in [3.05, 3.63) is 92.8 Å². The topological polar surface area (TPSA) is 47.0 Å². The smallest absolute Gasteiger partial charge is 0.207 e. The van der Waals surface area contributed by atoms with Crippen molar-refractivity contribution in [3.8, 4) is 22.8 Å². The van der Waals surface area contributed by atoms with Crippen LogP contribution in [0.15, 0.2) is 65.1 Å². The van der Waals surface area contributed by atoms with E-state index in [1.54, 1.807) is 41.4 Å². The number of rotatable bonds is 6. The van der Waals surface area contributed by atoms with Crippen LogP contribution < -0.4 is 14.5 Å². The molecule has 0 bridgehead atoms. The highest BCUT2D eigenvalue weighted by Gasteiger charge is 2.33. The number of methoxy groups -OCH3 is 2. The molecule has 0 saturated carbocycles. The van der Waals surface area contributed by atoms with Crippen LogP contribution in [0.3, 0.4) is 0 Å². The number of thiazole rings is 1. The molecule has 3 aromatic carbocycles. The number of anilines is 1. The van der Waals surface area contributed by atoms with Crippen molar-refractivity contribution in [1.29, 1.82) is 0 Å². The third-order valence-electron chi connectivity index (χ3n) is 5.85. The number of nitrogens with zero attached hydrogens (tertiary/aromatic N) is 3. The summed E-state index contributed by atoms with van der Waals surface area (Å²) in [4.78, 5) is 4.72. The molecular weight excluding hydrogens is 527 g/mol. The average molecular weight is 546 g/mol. The second-order valence-corrected chi connectivity index (χ2v) is 9.67. The van der Waals surface area contributed by atoms with Crippen LogP contribution in [0.4, 0.5) is 13.9 Å². The van der Waals surface area contributed by atoms with E-state index in [9.17, 15) is 8.78 Å². The largest absolute Gasteiger partial charge is 0.494 e. The predicted octanol–water partition coefficient (Wildman–Crippen LogP) is 7.77. The molecule has 1 aromatic heterocycles. The Bertz CT molecular complexity index is 1480. The number of aromatic nitrogens is 1. The van der Waals surface area contributed by atoms with E-state index in [4.69, 9.17) is 42.8 Å². The highest BCUT2D eigenvalue weighted by atomic mass is 35.5. The summed E-state index contributed by atoms with van der Waals surface area (Å²) in [6.07, 6.45) is 0.458. The van der Waals surface area contributed by atoms with Gasteiger partial charge < -0.3 is 9.47 Å². The van der Waals surface area contributed by atoms with Gasteiger partial charge in [-0.05, 0) is 54.1 Å². The van der Waals surface area contributed by atoms with Gasteiger partial charge in [-0.2, -0.15) is 5.10 Å².